The second kappa shape index (κ2) is 19.2. The molecule has 0 saturated heterocycles. The highest BCUT2D eigenvalue weighted by Gasteiger charge is 2.19. The quantitative estimate of drug-likeness (QED) is 0.180. The van der Waals surface area contributed by atoms with Crippen molar-refractivity contribution in [3.63, 3.8) is 0 Å². The number of aliphatic hydroxyl groups excluding tert-OH is 1. The third kappa shape index (κ3) is 18.2. The molecule has 0 aromatic heterocycles. The van der Waals surface area contributed by atoms with E-state index in [4.69, 9.17) is 15.3 Å². The van der Waals surface area contributed by atoms with Gasteiger partial charge in [0.2, 0.25) is 0 Å². The summed E-state index contributed by atoms with van der Waals surface area (Å²) in [6, 6.07) is 0. The van der Waals surface area contributed by atoms with Gasteiger partial charge in [-0.3, -0.25) is 4.79 Å². The van der Waals surface area contributed by atoms with Crippen LogP contribution in [0.15, 0.2) is 0 Å². The van der Waals surface area contributed by atoms with E-state index in [-0.39, 0.29) is 6.42 Å². The highest BCUT2D eigenvalue weighted by molar-refractivity contribution is 5.69. The van der Waals surface area contributed by atoms with E-state index in [1.807, 2.05) is 0 Å². The fourth-order valence-corrected chi connectivity index (χ4v) is 3.54. The lowest BCUT2D eigenvalue weighted by molar-refractivity contribution is -0.146. The first kappa shape index (κ1) is 25.4. The molecule has 4 nitrogen and oxygen atoms in total. The summed E-state index contributed by atoms with van der Waals surface area (Å²) in [4.78, 5) is 11.0. The van der Waals surface area contributed by atoms with Gasteiger partial charge >= 0.3 is 5.97 Å². The van der Waals surface area contributed by atoms with Crippen molar-refractivity contribution in [1.82, 2.24) is 0 Å². The minimum atomic E-state index is -1.52. The Morgan fingerprint density at radius 3 is 1.31 bits per heavy atom. The number of aliphatic hydroxyl groups is 2. The minimum absolute atomic E-state index is 0.0614. The molecule has 0 aliphatic heterocycles. The van der Waals surface area contributed by atoms with Gasteiger partial charge in [-0.15, -0.1) is 0 Å². The molecule has 0 rings (SSSR count). The number of unbranched alkanes of at least 4 members (excludes halogenated alkanes) is 15. The van der Waals surface area contributed by atoms with Crippen LogP contribution in [0.3, 0.4) is 0 Å². The molecule has 0 amide bonds. The molecular formula is C22H44O4. The zero-order chi connectivity index (χ0) is 19.5. The number of hydrogen-bond acceptors (Lipinski definition) is 3. The van der Waals surface area contributed by atoms with Gasteiger partial charge in [0.1, 0.15) is 0 Å². The van der Waals surface area contributed by atoms with Gasteiger partial charge in [0.05, 0.1) is 5.92 Å². The largest absolute Gasteiger partial charge is 0.481 e. The van der Waals surface area contributed by atoms with Crippen molar-refractivity contribution in [2.45, 2.75) is 129 Å². The Morgan fingerprint density at radius 2 is 1.00 bits per heavy atom. The molecule has 4 heteroatoms. The van der Waals surface area contributed by atoms with Gasteiger partial charge in [-0.25, -0.2) is 0 Å². The summed E-state index contributed by atoms with van der Waals surface area (Å²) in [7, 11) is 0. The molecule has 0 aromatic carbocycles. The van der Waals surface area contributed by atoms with Crippen LogP contribution in [0, 0.1) is 5.92 Å². The molecule has 0 fully saturated rings. The summed E-state index contributed by atoms with van der Waals surface area (Å²) in [5, 5.41) is 26.8. The molecule has 1 atom stereocenters. The molecule has 0 radical (unpaired) electrons. The van der Waals surface area contributed by atoms with Gasteiger partial charge in [-0.2, -0.15) is 0 Å². The highest BCUT2D eigenvalue weighted by atomic mass is 16.5. The Hall–Kier alpha value is -0.610. The van der Waals surface area contributed by atoms with Gasteiger partial charge in [0, 0.05) is 6.42 Å². The summed E-state index contributed by atoms with van der Waals surface area (Å²) in [6.45, 7) is 2.26. The van der Waals surface area contributed by atoms with Crippen molar-refractivity contribution in [2.75, 3.05) is 0 Å². The normalized spacial score (nSPS) is 12.6. The lowest BCUT2D eigenvalue weighted by atomic mass is 9.97. The van der Waals surface area contributed by atoms with Crippen LogP contribution in [0.25, 0.3) is 0 Å². The predicted molar refractivity (Wildman–Crippen MR) is 108 cm³/mol. The standard InChI is InChI=1S/C22H44O4/c1-2-3-4-5-6-7-8-9-10-11-12-13-14-15-16-17-18-20(22(25)26)19-21(23)24/h20-21,23-24H,2-19H2,1H3,(H,25,26). The number of aliphatic carboxylic acids is 1. The van der Waals surface area contributed by atoms with Gasteiger partial charge < -0.3 is 15.3 Å². The molecule has 0 saturated carbocycles. The minimum Gasteiger partial charge on any atom is -0.481 e. The van der Waals surface area contributed by atoms with Gasteiger partial charge in [-0.05, 0) is 6.42 Å². The Labute approximate surface area is 161 Å². The van der Waals surface area contributed by atoms with E-state index >= 15 is 0 Å². The SMILES string of the molecule is CCCCCCCCCCCCCCCCCCC(CC(O)O)C(=O)O. The molecule has 156 valence electrons. The molecular weight excluding hydrogens is 328 g/mol. The zero-order valence-electron chi connectivity index (χ0n) is 17.1. The Bertz CT molecular complexity index is 305. The van der Waals surface area contributed by atoms with E-state index in [1.165, 1.54) is 83.5 Å². The fraction of sp³-hybridized carbons (Fsp3) is 0.955. The van der Waals surface area contributed by atoms with Crippen LogP contribution < -0.4 is 0 Å². The Kier molecular flexibility index (Phi) is 18.7. The summed E-state index contributed by atoms with van der Waals surface area (Å²) < 4.78 is 0. The molecule has 0 bridgehead atoms. The average Bonchev–Trinajstić information content (AvgIpc) is 2.59. The maximum atomic E-state index is 11.0. The lowest BCUT2D eigenvalue weighted by Crippen LogP contribution is -2.20. The van der Waals surface area contributed by atoms with E-state index in [2.05, 4.69) is 6.92 Å². The first-order valence-electron chi connectivity index (χ1n) is 11.2. The first-order valence-corrected chi connectivity index (χ1v) is 11.2. The summed E-state index contributed by atoms with van der Waals surface area (Å²) in [5.74, 6) is -1.54. The van der Waals surface area contributed by atoms with Crippen LogP contribution in [0.1, 0.15) is 122 Å². The van der Waals surface area contributed by atoms with E-state index in [0.717, 1.165) is 19.3 Å². The molecule has 3 N–H and O–H groups in total. The summed E-state index contributed by atoms with van der Waals surface area (Å²) >= 11 is 0. The summed E-state index contributed by atoms with van der Waals surface area (Å²) in [5.41, 5.74) is 0. The number of carbonyl (C=O) groups is 1. The highest BCUT2D eigenvalue weighted by Crippen LogP contribution is 2.18. The number of carboxylic acid groups (broad SMARTS) is 1. The van der Waals surface area contributed by atoms with Gasteiger partial charge in [0.25, 0.3) is 0 Å². The van der Waals surface area contributed by atoms with Crippen LogP contribution in [0.4, 0.5) is 0 Å². The van der Waals surface area contributed by atoms with Crippen molar-refractivity contribution in [1.29, 1.82) is 0 Å². The molecule has 0 aliphatic rings. The van der Waals surface area contributed by atoms with E-state index < -0.39 is 18.2 Å². The topological polar surface area (TPSA) is 77.8 Å². The van der Waals surface area contributed by atoms with Crippen molar-refractivity contribution >= 4 is 5.97 Å². The van der Waals surface area contributed by atoms with Crippen molar-refractivity contribution < 1.29 is 20.1 Å². The maximum Gasteiger partial charge on any atom is 0.306 e. The van der Waals surface area contributed by atoms with Gasteiger partial charge in [0.15, 0.2) is 6.29 Å². The predicted octanol–water partition coefficient (Wildman–Crippen LogP) is 6.04. The smallest absolute Gasteiger partial charge is 0.306 e. The number of rotatable bonds is 20. The monoisotopic (exact) mass is 372 g/mol. The number of hydrogen-bond donors (Lipinski definition) is 3. The summed E-state index contributed by atoms with van der Waals surface area (Å²) in [6.07, 6.45) is 19.8. The van der Waals surface area contributed by atoms with Crippen LogP contribution in [0.5, 0.6) is 0 Å². The van der Waals surface area contributed by atoms with Crippen molar-refractivity contribution in [2.24, 2.45) is 5.92 Å². The third-order valence-electron chi connectivity index (χ3n) is 5.25. The van der Waals surface area contributed by atoms with Crippen LogP contribution in [0.2, 0.25) is 0 Å². The third-order valence-corrected chi connectivity index (χ3v) is 5.25. The number of carboxylic acids is 1. The molecule has 26 heavy (non-hydrogen) atoms. The second-order valence-corrected chi connectivity index (χ2v) is 7.84. The fourth-order valence-electron chi connectivity index (χ4n) is 3.54. The maximum absolute atomic E-state index is 11.0. The van der Waals surface area contributed by atoms with Crippen LogP contribution in [-0.4, -0.2) is 27.6 Å². The van der Waals surface area contributed by atoms with Crippen LogP contribution in [-0.2, 0) is 4.79 Å². The zero-order valence-corrected chi connectivity index (χ0v) is 17.1. The molecule has 0 aromatic rings. The lowest BCUT2D eigenvalue weighted by Gasteiger charge is -2.13. The van der Waals surface area contributed by atoms with Crippen molar-refractivity contribution in [3.05, 3.63) is 0 Å². The second-order valence-electron chi connectivity index (χ2n) is 7.84. The molecule has 0 heterocycles. The van der Waals surface area contributed by atoms with Gasteiger partial charge in [-0.1, -0.05) is 110 Å². The molecule has 1 unspecified atom stereocenters. The van der Waals surface area contributed by atoms with Crippen LogP contribution >= 0.6 is 0 Å². The Morgan fingerprint density at radius 1 is 0.654 bits per heavy atom. The first-order chi connectivity index (χ1) is 12.6. The molecule has 0 aliphatic carbocycles. The van der Waals surface area contributed by atoms with E-state index in [1.54, 1.807) is 0 Å². The van der Waals surface area contributed by atoms with E-state index in [9.17, 15) is 4.79 Å². The molecule has 0 spiro atoms. The average molecular weight is 373 g/mol. The Balaban J connectivity index is 3.25. The van der Waals surface area contributed by atoms with Crippen molar-refractivity contribution in [3.8, 4) is 0 Å². The van der Waals surface area contributed by atoms with E-state index in [0.29, 0.717) is 6.42 Å².